The first-order valence-electron chi connectivity index (χ1n) is 8.74. The van der Waals surface area contributed by atoms with Crippen molar-refractivity contribution in [2.75, 3.05) is 6.54 Å². The Kier molecular flexibility index (Phi) is 10.2. The lowest BCUT2D eigenvalue weighted by molar-refractivity contribution is -0.128. The maximum Gasteiger partial charge on any atom is 0.407 e. The molecule has 0 spiro atoms. The van der Waals surface area contributed by atoms with E-state index in [1.54, 1.807) is 6.08 Å². The third-order valence-corrected chi connectivity index (χ3v) is 3.70. The Morgan fingerprint density at radius 1 is 1.26 bits per heavy atom. The fraction of sp³-hybridized carbons (Fsp3) is 0.421. The van der Waals surface area contributed by atoms with Crippen LogP contribution in [-0.4, -0.2) is 41.7 Å². The van der Waals surface area contributed by atoms with Crippen LogP contribution in [0, 0.1) is 0 Å². The number of hydrogen-bond donors (Lipinski definition) is 4. The lowest BCUT2D eigenvalue weighted by atomic mass is 10.1. The van der Waals surface area contributed by atoms with Crippen molar-refractivity contribution in [1.82, 2.24) is 10.6 Å². The molecule has 0 bridgehead atoms. The summed E-state index contributed by atoms with van der Waals surface area (Å²) >= 11 is 0. The number of allylic oxidation sites excluding steroid dienone is 1. The van der Waals surface area contributed by atoms with Crippen LogP contribution in [0.3, 0.4) is 0 Å². The smallest absolute Gasteiger partial charge is 0.407 e. The molecule has 0 aromatic heterocycles. The van der Waals surface area contributed by atoms with Gasteiger partial charge in [-0.25, -0.2) is 4.79 Å². The van der Waals surface area contributed by atoms with Crippen molar-refractivity contribution in [2.45, 2.75) is 44.4 Å². The number of aliphatic hydroxyl groups excluding tert-OH is 1. The summed E-state index contributed by atoms with van der Waals surface area (Å²) in [6.45, 7) is 3.54. The van der Waals surface area contributed by atoms with Gasteiger partial charge in [0.15, 0.2) is 0 Å². The van der Waals surface area contributed by atoms with E-state index in [9.17, 15) is 19.5 Å². The lowest BCUT2D eigenvalue weighted by Crippen LogP contribution is -2.46. The molecule has 0 aliphatic rings. The summed E-state index contributed by atoms with van der Waals surface area (Å²) in [6, 6.07) is 8.35. The van der Waals surface area contributed by atoms with E-state index < -0.39 is 30.1 Å². The van der Waals surface area contributed by atoms with Crippen LogP contribution in [0.2, 0.25) is 0 Å². The van der Waals surface area contributed by atoms with Crippen molar-refractivity contribution in [3.8, 4) is 0 Å². The highest BCUT2D eigenvalue weighted by molar-refractivity contribution is 5.86. The fourth-order valence-electron chi connectivity index (χ4n) is 2.27. The van der Waals surface area contributed by atoms with Gasteiger partial charge in [0.2, 0.25) is 11.8 Å². The van der Waals surface area contributed by atoms with E-state index >= 15 is 0 Å². The van der Waals surface area contributed by atoms with Crippen molar-refractivity contribution in [2.24, 2.45) is 5.73 Å². The van der Waals surface area contributed by atoms with Gasteiger partial charge in [0, 0.05) is 6.54 Å². The molecule has 5 N–H and O–H groups in total. The van der Waals surface area contributed by atoms with Gasteiger partial charge in [0.25, 0.3) is 0 Å². The third-order valence-electron chi connectivity index (χ3n) is 3.70. The third kappa shape index (κ3) is 10.0. The average Bonchev–Trinajstić information content (AvgIpc) is 2.64. The number of nitrogens with two attached hydrogens (primary N) is 1. The monoisotopic (exact) mass is 377 g/mol. The second-order valence-electron chi connectivity index (χ2n) is 6.04. The van der Waals surface area contributed by atoms with Gasteiger partial charge in [-0.3, -0.25) is 9.59 Å². The van der Waals surface area contributed by atoms with E-state index in [2.05, 4.69) is 17.2 Å². The number of primary amides is 1. The fourth-order valence-corrected chi connectivity index (χ4v) is 2.27. The molecule has 1 rings (SSSR count). The summed E-state index contributed by atoms with van der Waals surface area (Å²) in [5, 5.41) is 14.7. The van der Waals surface area contributed by atoms with Crippen molar-refractivity contribution in [3.63, 3.8) is 0 Å². The van der Waals surface area contributed by atoms with Gasteiger partial charge in [0.05, 0.1) is 12.5 Å². The number of alkyl carbamates (subject to hydrolysis) is 1. The van der Waals surface area contributed by atoms with Gasteiger partial charge in [0.1, 0.15) is 12.6 Å². The van der Waals surface area contributed by atoms with Crippen LogP contribution < -0.4 is 16.4 Å². The largest absolute Gasteiger partial charge is 0.445 e. The quantitative estimate of drug-likeness (QED) is 0.319. The topological polar surface area (TPSA) is 131 Å². The van der Waals surface area contributed by atoms with Crippen LogP contribution in [-0.2, 0) is 20.9 Å². The molecule has 1 aromatic rings. The Labute approximate surface area is 158 Å². The van der Waals surface area contributed by atoms with Gasteiger partial charge >= 0.3 is 6.09 Å². The molecule has 0 heterocycles. The Morgan fingerprint density at radius 3 is 2.59 bits per heavy atom. The molecule has 1 aromatic carbocycles. The summed E-state index contributed by atoms with van der Waals surface area (Å²) < 4.78 is 5.00. The van der Waals surface area contributed by atoms with Gasteiger partial charge < -0.3 is 26.2 Å². The van der Waals surface area contributed by atoms with Gasteiger partial charge in [-0.15, -0.1) is 6.58 Å². The van der Waals surface area contributed by atoms with Gasteiger partial charge in [-0.2, -0.15) is 0 Å². The molecule has 0 saturated heterocycles. The maximum absolute atomic E-state index is 11.9. The van der Waals surface area contributed by atoms with Crippen LogP contribution in [0.4, 0.5) is 4.79 Å². The van der Waals surface area contributed by atoms with Crippen molar-refractivity contribution >= 4 is 17.9 Å². The Bertz CT molecular complexity index is 621. The molecule has 3 amide bonds. The van der Waals surface area contributed by atoms with E-state index in [0.29, 0.717) is 19.3 Å². The molecule has 0 aliphatic heterocycles. The predicted octanol–water partition coefficient (Wildman–Crippen LogP) is 0.990. The molecule has 0 radical (unpaired) electrons. The summed E-state index contributed by atoms with van der Waals surface area (Å²) in [5.74, 6) is -1.16. The molecule has 27 heavy (non-hydrogen) atoms. The van der Waals surface area contributed by atoms with E-state index in [-0.39, 0.29) is 19.6 Å². The second kappa shape index (κ2) is 12.5. The number of aliphatic hydroxyl groups is 1. The molecular formula is C19H27N3O5. The van der Waals surface area contributed by atoms with E-state index in [4.69, 9.17) is 10.5 Å². The summed E-state index contributed by atoms with van der Waals surface area (Å²) in [4.78, 5) is 34.9. The Balaban J connectivity index is 2.28. The maximum atomic E-state index is 11.9. The highest BCUT2D eigenvalue weighted by Crippen LogP contribution is 2.03. The number of hydrogen-bond acceptors (Lipinski definition) is 5. The number of benzene rings is 1. The number of unbranched alkanes of at least 4 members (excludes halogenated alkanes) is 1. The van der Waals surface area contributed by atoms with Crippen LogP contribution in [0.25, 0.3) is 0 Å². The summed E-state index contributed by atoms with van der Waals surface area (Å²) in [6.07, 6.45) is 1.39. The molecular weight excluding hydrogens is 350 g/mol. The first-order chi connectivity index (χ1) is 12.9. The molecule has 0 saturated carbocycles. The Morgan fingerprint density at radius 2 is 1.96 bits per heavy atom. The van der Waals surface area contributed by atoms with E-state index in [1.807, 2.05) is 30.3 Å². The molecule has 0 unspecified atom stereocenters. The van der Waals surface area contributed by atoms with Crippen LogP contribution in [0.1, 0.15) is 31.2 Å². The minimum absolute atomic E-state index is 0.105. The first kappa shape index (κ1) is 22.2. The van der Waals surface area contributed by atoms with Crippen LogP contribution >= 0.6 is 0 Å². The average molecular weight is 377 g/mol. The highest BCUT2D eigenvalue weighted by atomic mass is 16.5. The van der Waals surface area contributed by atoms with Crippen LogP contribution in [0.15, 0.2) is 43.0 Å². The van der Waals surface area contributed by atoms with Crippen LogP contribution in [0.5, 0.6) is 0 Å². The number of ether oxygens (including phenoxy) is 1. The number of carbonyl (C=O) groups excluding carboxylic acids is 3. The standard InChI is InChI=1S/C19H27N3O5/c1-2-3-5-10-16(18(20)25)22-17(24)11-15(23)12-21-19(26)27-13-14-8-6-4-7-9-14/h2,4,6-9,15-16,23H,1,3,5,10-13H2,(H2,20,25)(H,21,26)(H,22,24)/t15-,16-/m1/s1. The predicted molar refractivity (Wildman–Crippen MR) is 100 cm³/mol. The number of carbonyl (C=O) groups is 3. The zero-order chi connectivity index (χ0) is 20.1. The molecule has 0 aliphatic carbocycles. The van der Waals surface area contributed by atoms with Gasteiger partial charge in [-0.1, -0.05) is 36.4 Å². The molecule has 0 fully saturated rings. The highest BCUT2D eigenvalue weighted by Gasteiger charge is 2.19. The van der Waals surface area contributed by atoms with Crippen molar-refractivity contribution in [3.05, 3.63) is 48.6 Å². The molecule has 2 atom stereocenters. The number of amides is 3. The normalized spacial score (nSPS) is 12.5. The minimum Gasteiger partial charge on any atom is -0.445 e. The number of rotatable bonds is 12. The Hall–Kier alpha value is -2.87. The minimum atomic E-state index is -1.11. The summed E-state index contributed by atoms with van der Waals surface area (Å²) in [7, 11) is 0. The molecule has 8 nitrogen and oxygen atoms in total. The SMILES string of the molecule is C=CCCC[C@@H](NC(=O)C[C@@H](O)CNC(=O)OCc1ccccc1)C(N)=O. The van der Waals surface area contributed by atoms with E-state index in [1.165, 1.54) is 0 Å². The zero-order valence-corrected chi connectivity index (χ0v) is 15.2. The van der Waals surface area contributed by atoms with Gasteiger partial charge in [-0.05, 0) is 24.8 Å². The molecule has 8 heteroatoms. The zero-order valence-electron chi connectivity index (χ0n) is 15.2. The lowest BCUT2D eigenvalue weighted by Gasteiger charge is -2.17. The molecule has 148 valence electrons. The first-order valence-corrected chi connectivity index (χ1v) is 8.74. The van der Waals surface area contributed by atoms with E-state index in [0.717, 1.165) is 5.56 Å². The van der Waals surface area contributed by atoms with Crippen molar-refractivity contribution < 1.29 is 24.2 Å². The van der Waals surface area contributed by atoms with Crippen molar-refractivity contribution in [1.29, 1.82) is 0 Å². The number of nitrogens with one attached hydrogen (secondary N) is 2. The second-order valence-corrected chi connectivity index (χ2v) is 6.04. The summed E-state index contributed by atoms with van der Waals surface area (Å²) in [5.41, 5.74) is 6.10.